The van der Waals surface area contributed by atoms with E-state index >= 15 is 0 Å². The number of aryl methyl sites for hydroxylation is 1. The molecule has 6 nitrogen and oxygen atoms in total. The Balaban J connectivity index is 1.88. The second-order valence-corrected chi connectivity index (χ2v) is 7.20. The van der Waals surface area contributed by atoms with Gasteiger partial charge in [0.2, 0.25) is 5.91 Å². The van der Waals surface area contributed by atoms with E-state index in [-0.39, 0.29) is 11.5 Å². The minimum absolute atomic E-state index is 0.135. The standard InChI is InChI=1S/C20H32N2O4/c1-21(2)15-20(26-5)10-12-22(13-11-20)19(23)9-7-16-6-8-17(24-3)18(14-16)25-4/h6,8,14H,7,9-13,15H2,1-5H3. The van der Waals surface area contributed by atoms with Crippen LogP contribution in [0.25, 0.3) is 0 Å². The smallest absolute Gasteiger partial charge is 0.222 e. The molecule has 0 radical (unpaired) electrons. The molecule has 1 aromatic rings. The Labute approximate surface area is 157 Å². The first-order valence-corrected chi connectivity index (χ1v) is 9.11. The highest BCUT2D eigenvalue weighted by Crippen LogP contribution is 2.29. The summed E-state index contributed by atoms with van der Waals surface area (Å²) in [6, 6.07) is 5.81. The van der Waals surface area contributed by atoms with E-state index in [4.69, 9.17) is 14.2 Å². The molecule has 0 atom stereocenters. The SMILES string of the molecule is COc1ccc(CCC(=O)N2CCC(CN(C)C)(OC)CC2)cc1OC. The van der Waals surface area contributed by atoms with Crippen LogP contribution in [0.15, 0.2) is 18.2 Å². The molecule has 146 valence electrons. The van der Waals surface area contributed by atoms with Crippen molar-refractivity contribution in [1.82, 2.24) is 9.80 Å². The molecule has 1 amide bonds. The molecule has 2 rings (SSSR count). The Hall–Kier alpha value is -1.79. The highest BCUT2D eigenvalue weighted by Gasteiger charge is 2.36. The maximum atomic E-state index is 12.6. The maximum Gasteiger partial charge on any atom is 0.222 e. The van der Waals surface area contributed by atoms with Crippen LogP contribution in [0.1, 0.15) is 24.8 Å². The van der Waals surface area contributed by atoms with Gasteiger partial charge >= 0.3 is 0 Å². The number of methoxy groups -OCH3 is 3. The zero-order chi connectivity index (χ0) is 19.2. The van der Waals surface area contributed by atoms with Crippen molar-refractivity contribution in [3.05, 3.63) is 23.8 Å². The van der Waals surface area contributed by atoms with Crippen molar-refractivity contribution in [2.24, 2.45) is 0 Å². The number of hydrogen-bond donors (Lipinski definition) is 0. The summed E-state index contributed by atoms with van der Waals surface area (Å²) in [7, 11) is 9.13. The van der Waals surface area contributed by atoms with Gasteiger partial charge in [-0.3, -0.25) is 4.79 Å². The van der Waals surface area contributed by atoms with Crippen molar-refractivity contribution in [2.75, 3.05) is 55.1 Å². The van der Waals surface area contributed by atoms with Crippen LogP contribution in [0.4, 0.5) is 0 Å². The van der Waals surface area contributed by atoms with E-state index in [9.17, 15) is 4.79 Å². The van der Waals surface area contributed by atoms with Gasteiger partial charge in [0.25, 0.3) is 0 Å². The molecule has 0 saturated carbocycles. The Kier molecular flexibility index (Phi) is 7.29. The molecule has 1 saturated heterocycles. The number of hydrogen-bond acceptors (Lipinski definition) is 5. The second kappa shape index (κ2) is 9.24. The summed E-state index contributed by atoms with van der Waals surface area (Å²) in [5, 5.41) is 0. The number of benzene rings is 1. The number of carbonyl (C=O) groups excluding carboxylic acids is 1. The number of ether oxygens (including phenoxy) is 3. The molecule has 26 heavy (non-hydrogen) atoms. The van der Waals surface area contributed by atoms with Crippen LogP contribution < -0.4 is 9.47 Å². The van der Waals surface area contributed by atoms with Gasteiger partial charge in [0.15, 0.2) is 11.5 Å². The van der Waals surface area contributed by atoms with Gasteiger partial charge in [-0.1, -0.05) is 6.07 Å². The Bertz CT molecular complexity index is 595. The van der Waals surface area contributed by atoms with Crippen molar-refractivity contribution in [2.45, 2.75) is 31.3 Å². The van der Waals surface area contributed by atoms with E-state index in [2.05, 4.69) is 19.0 Å². The first kappa shape index (κ1) is 20.5. The number of amides is 1. The summed E-state index contributed by atoms with van der Waals surface area (Å²) >= 11 is 0. The number of piperidine rings is 1. The lowest BCUT2D eigenvalue weighted by molar-refractivity contribution is -0.137. The van der Waals surface area contributed by atoms with Crippen molar-refractivity contribution < 1.29 is 19.0 Å². The molecule has 0 unspecified atom stereocenters. The van der Waals surface area contributed by atoms with E-state index < -0.39 is 0 Å². The quantitative estimate of drug-likeness (QED) is 0.708. The van der Waals surface area contributed by atoms with Gasteiger partial charge in [-0.15, -0.1) is 0 Å². The molecule has 0 aromatic heterocycles. The molecule has 0 bridgehead atoms. The summed E-state index contributed by atoms with van der Waals surface area (Å²) in [5.41, 5.74) is 0.941. The largest absolute Gasteiger partial charge is 0.493 e. The summed E-state index contributed by atoms with van der Waals surface area (Å²) < 4.78 is 16.4. The van der Waals surface area contributed by atoms with Gasteiger partial charge in [-0.05, 0) is 51.1 Å². The lowest BCUT2D eigenvalue weighted by atomic mass is 9.90. The van der Waals surface area contributed by atoms with Gasteiger partial charge in [-0.25, -0.2) is 0 Å². The predicted octanol–water partition coefficient (Wildman–Crippen LogP) is 2.21. The van der Waals surface area contributed by atoms with Crippen molar-refractivity contribution in [3.63, 3.8) is 0 Å². The lowest BCUT2D eigenvalue weighted by Crippen LogP contribution is -2.52. The average Bonchev–Trinajstić information content (AvgIpc) is 2.65. The normalized spacial score (nSPS) is 16.6. The van der Waals surface area contributed by atoms with Gasteiger partial charge in [0, 0.05) is 33.2 Å². The van der Waals surface area contributed by atoms with E-state index in [1.165, 1.54) is 0 Å². The van der Waals surface area contributed by atoms with Crippen LogP contribution in [0.3, 0.4) is 0 Å². The fraction of sp³-hybridized carbons (Fsp3) is 0.650. The predicted molar refractivity (Wildman–Crippen MR) is 102 cm³/mol. The molecule has 6 heteroatoms. The first-order valence-electron chi connectivity index (χ1n) is 9.11. The molecule has 0 spiro atoms. The van der Waals surface area contributed by atoms with Crippen molar-refractivity contribution in [3.8, 4) is 11.5 Å². The van der Waals surface area contributed by atoms with Crippen LogP contribution >= 0.6 is 0 Å². The van der Waals surface area contributed by atoms with Crippen LogP contribution in [-0.4, -0.2) is 76.4 Å². The second-order valence-electron chi connectivity index (χ2n) is 7.20. The van der Waals surface area contributed by atoms with Crippen molar-refractivity contribution in [1.29, 1.82) is 0 Å². The molecule has 1 aliphatic rings. The van der Waals surface area contributed by atoms with Gasteiger partial charge in [0.05, 0.1) is 19.8 Å². The Morgan fingerprint density at radius 3 is 2.31 bits per heavy atom. The zero-order valence-corrected chi connectivity index (χ0v) is 16.7. The zero-order valence-electron chi connectivity index (χ0n) is 16.7. The molecule has 0 N–H and O–H groups in total. The van der Waals surface area contributed by atoms with Crippen LogP contribution in [0, 0.1) is 0 Å². The number of carbonyl (C=O) groups is 1. The summed E-state index contributed by atoms with van der Waals surface area (Å²) in [6.45, 7) is 2.40. The van der Waals surface area contributed by atoms with E-state index in [0.29, 0.717) is 24.3 Å². The lowest BCUT2D eigenvalue weighted by Gasteiger charge is -2.42. The minimum atomic E-state index is -0.135. The fourth-order valence-corrected chi connectivity index (χ4v) is 3.61. The van der Waals surface area contributed by atoms with Crippen molar-refractivity contribution >= 4 is 5.91 Å². The highest BCUT2D eigenvalue weighted by atomic mass is 16.5. The first-order chi connectivity index (χ1) is 12.4. The summed E-state index contributed by atoms with van der Waals surface area (Å²) in [4.78, 5) is 16.7. The van der Waals surface area contributed by atoms with E-state index in [1.807, 2.05) is 23.1 Å². The molecular weight excluding hydrogens is 332 g/mol. The number of likely N-dealkylation sites (tertiary alicyclic amines) is 1. The van der Waals surface area contributed by atoms with Gasteiger partial charge in [0.1, 0.15) is 0 Å². The third kappa shape index (κ3) is 5.11. The number of rotatable bonds is 8. The molecule has 1 aromatic carbocycles. The third-order valence-corrected chi connectivity index (χ3v) is 5.14. The number of likely N-dealkylation sites (N-methyl/N-ethyl adjacent to an activating group) is 1. The molecule has 0 aliphatic carbocycles. The number of nitrogens with zero attached hydrogens (tertiary/aromatic N) is 2. The molecular formula is C20H32N2O4. The molecule has 1 heterocycles. The fourth-order valence-electron chi connectivity index (χ4n) is 3.61. The van der Waals surface area contributed by atoms with E-state index in [0.717, 1.165) is 38.0 Å². The molecule has 1 aliphatic heterocycles. The van der Waals surface area contributed by atoms with Crippen LogP contribution in [0.5, 0.6) is 11.5 Å². The third-order valence-electron chi connectivity index (χ3n) is 5.14. The maximum absolute atomic E-state index is 12.6. The topological polar surface area (TPSA) is 51.2 Å². The minimum Gasteiger partial charge on any atom is -0.493 e. The molecule has 1 fully saturated rings. The van der Waals surface area contributed by atoms with Crippen LogP contribution in [-0.2, 0) is 16.0 Å². The Morgan fingerprint density at radius 2 is 1.77 bits per heavy atom. The van der Waals surface area contributed by atoms with Gasteiger partial charge < -0.3 is 24.0 Å². The monoisotopic (exact) mass is 364 g/mol. The Morgan fingerprint density at radius 1 is 1.12 bits per heavy atom. The average molecular weight is 364 g/mol. The highest BCUT2D eigenvalue weighted by molar-refractivity contribution is 5.76. The summed E-state index contributed by atoms with van der Waals surface area (Å²) in [5.74, 6) is 1.61. The van der Waals surface area contributed by atoms with Crippen LogP contribution in [0.2, 0.25) is 0 Å². The van der Waals surface area contributed by atoms with Gasteiger partial charge in [-0.2, -0.15) is 0 Å². The van der Waals surface area contributed by atoms with E-state index in [1.54, 1.807) is 21.3 Å². The summed E-state index contributed by atoms with van der Waals surface area (Å²) in [6.07, 6.45) is 2.96.